The Morgan fingerprint density at radius 3 is 2.54 bits per heavy atom. The highest BCUT2D eigenvalue weighted by Gasteiger charge is 2.33. The van der Waals surface area contributed by atoms with Gasteiger partial charge in [-0.3, -0.25) is 4.79 Å². The first-order valence-corrected chi connectivity index (χ1v) is 8.48. The summed E-state index contributed by atoms with van der Waals surface area (Å²) in [6, 6.07) is 2.49. The third-order valence-corrected chi connectivity index (χ3v) is 5.03. The van der Waals surface area contributed by atoms with Gasteiger partial charge in [-0.15, -0.1) is 5.10 Å². The second-order valence-electron chi connectivity index (χ2n) is 6.77. The van der Waals surface area contributed by atoms with Crippen molar-refractivity contribution < 1.29 is 9.90 Å². The second-order valence-corrected chi connectivity index (χ2v) is 6.77. The third-order valence-electron chi connectivity index (χ3n) is 5.03. The number of hydrogen-bond donors (Lipinski definition) is 2. The highest BCUT2D eigenvalue weighted by atomic mass is 16.3. The molecule has 7 heteroatoms. The van der Waals surface area contributed by atoms with Gasteiger partial charge in [0.1, 0.15) is 17.7 Å². The van der Waals surface area contributed by atoms with Crippen LogP contribution >= 0.6 is 0 Å². The quantitative estimate of drug-likeness (QED) is 0.848. The predicted molar refractivity (Wildman–Crippen MR) is 88.3 cm³/mol. The highest BCUT2D eigenvalue weighted by molar-refractivity contribution is 5.81. The van der Waals surface area contributed by atoms with Crippen molar-refractivity contribution in [2.75, 3.05) is 18.0 Å². The van der Waals surface area contributed by atoms with E-state index in [-0.39, 0.29) is 17.9 Å². The molecule has 1 unspecified atom stereocenters. The molecular formula is C17H23N5O2. The monoisotopic (exact) mass is 329 g/mol. The van der Waals surface area contributed by atoms with Crippen molar-refractivity contribution in [3.63, 3.8) is 0 Å². The molecule has 0 bridgehead atoms. The molecular weight excluding hydrogens is 306 g/mol. The highest BCUT2D eigenvalue weighted by Crippen LogP contribution is 2.28. The molecule has 2 aliphatic rings. The van der Waals surface area contributed by atoms with Crippen molar-refractivity contribution in [1.82, 2.24) is 15.5 Å². The molecule has 128 valence electrons. The topological polar surface area (TPSA) is 102 Å². The van der Waals surface area contributed by atoms with Crippen molar-refractivity contribution in [2.45, 2.75) is 51.7 Å². The van der Waals surface area contributed by atoms with Crippen molar-refractivity contribution in [2.24, 2.45) is 5.92 Å². The summed E-state index contributed by atoms with van der Waals surface area (Å²) in [6.45, 7) is 5.04. The summed E-state index contributed by atoms with van der Waals surface area (Å²) in [6.07, 6.45) is 2.46. The lowest BCUT2D eigenvalue weighted by atomic mass is 9.90. The number of anilines is 1. The summed E-state index contributed by atoms with van der Waals surface area (Å²) in [5.74, 6) is 0.306. The molecule has 0 radical (unpaired) electrons. The minimum atomic E-state index is -0.950. The molecule has 2 N–H and O–H groups in total. The number of aromatic nitrogens is 2. The fourth-order valence-electron chi connectivity index (χ4n) is 3.11. The Morgan fingerprint density at radius 1 is 1.29 bits per heavy atom. The lowest BCUT2D eigenvalue weighted by Gasteiger charge is -2.34. The average molecular weight is 329 g/mol. The minimum absolute atomic E-state index is 0.0509. The van der Waals surface area contributed by atoms with E-state index >= 15 is 0 Å². The van der Waals surface area contributed by atoms with Crippen molar-refractivity contribution in [3.05, 3.63) is 16.8 Å². The first-order chi connectivity index (χ1) is 11.5. The van der Waals surface area contributed by atoms with Crippen LogP contribution in [0.4, 0.5) is 5.82 Å². The Labute approximate surface area is 141 Å². The van der Waals surface area contributed by atoms with E-state index in [9.17, 15) is 15.2 Å². The number of aliphatic hydroxyl groups is 1. The van der Waals surface area contributed by atoms with E-state index in [1.807, 2.05) is 18.7 Å². The van der Waals surface area contributed by atoms with Crippen LogP contribution in [0.2, 0.25) is 0 Å². The Kier molecular flexibility index (Phi) is 4.67. The van der Waals surface area contributed by atoms with Crippen molar-refractivity contribution in [3.8, 4) is 6.07 Å². The maximum absolute atomic E-state index is 12.0. The summed E-state index contributed by atoms with van der Waals surface area (Å²) >= 11 is 0. The van der Waals surface area contributed by atoms with E-state index in [0.717, 1.165) is 24.1 Å². The zero-order valence-electron chi connectivity index (χ0n) is 14.1. The number of nitrogens with one attached hydrogen (secondary N) is 1. The van der Waals surface area contributed by atoms with E-state index < -0.39 is 6.10 Å². The van der Waals surface area contributed by atoms with E-state index in [0.29, 0.717) is 37.3 Å². The molecule has 1 saturated heterocycles. The van der Waals surface area contributed by atoms with Gasteiger partial charge < -0.3 is 15.3 Å². The largest absolute Gasteiger partial charge is 0.383 e. The normalized spacial score (nSPS) is 19.7. The van der Waals surface area contributed by atoms with Crippen LogP contribution in [0.25, 0.3) is 0 Å². The Balaban J connectivity index is 1.64. The fraction of sp³-hybridized carbons (Fsp3) is 0.647. The molecule has 2 heterocycles. The Hall–Kier alpha value is -2.20. The van der Waals surface area contributed by atoms with Crippen LogP contribution in [0.15, 0.2) is 0 Å². The molecule has 1 saturated carbocycles. The maximum Gasteiger partial charge on any atom is 0.249 e. The van der Waals surface area contributed by atoms with Gasteiger partial charge in [0, 0.05) is 19.1 Å². The van der Waals surface area contributed by atoms with E-state index in [1.165, 1.54) is 0 Å². The molecule has 0 spiro atoms. The number of aryl methyl sites for hydroxylation is 1. The summed E-state index contributed by atoms with van der Waals surface area (Å²) in [7, 11) is 0. The average Bonchev–Trinajstić information content (AvgIpc) is 3.40. The van der Waals surface area contributed by atoms with Crippen LogP contribution in [0.5, 0.6) is 0 Å². The van der Waals surface area contributed by atoms with Crippen LogP contribution in [0, 0.1) is 31.1 Å². The fourth-order valence-corrected chi connectivity index (χ4v) is 3.11. The number of carbonyl (C=O) groups is 1. The lowest BCUT2D eigenvalue weighted by molar-refractivity contribution is -0.132. The molecule has 2 fully saturated rings. The second kappa shape index (κ2) is 6.73. The third kappa shape index (κ3) is 3.34. The number of aliphatic hydroxyl groups excluding tert-OH is 1. The zero-order valence-corrected chi connectivity index (χ0v) is 14.1. The minimum Gasteiger partial charge on any atom is -0.383 e. The molecule has 1 aromatic rings. The van der Waals surface area contributed by atoms with Gasteiger partial charge in [0.2, 0.25) is 5.91 Å². The van der Waals surface area contributed by atoms with Gasteiger partial charge in [-0.25, -0.2) is 0 Å². The molecule has 1 atom stereocenters. The number of amides is 1. The van der Waals surface area contributed by atoms with Crippen LogP contribution in [0.1, 0.15) is 42.5 Å². The van der Waals surface area contributed by atoms with Gasteiger partial charge in [-0.2, -0.15) is 10.4 Å². The Morgan fingerprint density at radius 2 is 1.96 bits per heavy atom. The summed E-state index contributed by atoms with van der Waals surface area (Å²) < 4.78 is 0. The van der Waals surface area contributed by atoms with Gasteiger partial charge in [0.25, 0.3) is 0 Å². The van der Waals surface area contributed by atoms with E-state index in [2.05, 4.69) is 21.6 Å². The van der Waals surface area contributed by atoms with Crippen molar-refractivity contribution in [1.29, 1.82) is 5.26 Å². The molecule has 0 aromatic carbocycles. The SMILES string of the molecule is Cc1nnc(N2CCC(C(O)C(=O)NC3CC3)CC2)c(C#N)c1C. The number of nitrogens with zero attached hydrogens (tertiary/aromatic N) is 4. The summed E-state index contributed by atoms with van der Waals surface area (Å²) in [4.78, 5) is 14.0. The number of nitriles is 1. The van der Waals surface area contributed by atoms with Crippen LogP contribution in [0.3, 0.4) is 0 Å². The molecule has 24 heavy (non-hydrogen) atoms. The predicted octanol–water partition coefficient (Wildman–Crippen LogP) is 0.821. The number of piperidine rings is 1. The summed E-state index contributed by atoms with van der Waals surface area (Å²) in [5.41, 5.74) is 2.18. The first kappa shape index (κ1) is 16.7. The number of hydrogen-bond acceptors (Lipinski definition) is 6. The van der Waals surface area contributed by atoms with Crippen LogP contribution in [-0.2, 0) is 4.79 Å². The molecule has 1 aromatic heterocycles. The Bertz CT molecular complexity index is 672. The lowest BCUT2D eigenvalue weighted by Crippen LogP contribution is -2.45. The molecule has 3 rings (SSSR count). The van der Waals surface area contributed by atoms with Gasteiger partial charge in [-0.05, 0) is 51.0 Å². The van der Waals surface area contributed by atoms with Gasteiger partial charge in [0.15, 0.2) is 5.82 Å². The smallest absolute Gasteiger partial charge is 0.249 e. The summed E-state index contributed by atoms with van der Waals surface area (Å²) in [5, 5.41) is 30.8. The van der Waals surface area contributed by atoms with Gasteiger partial charge >= 0.3 is 0 Å². The standard InChI is InChI=1S/C17H23N5O2/c1-10-11(2)20-21-16(14(10)9-18)22-7-5-12(6-8-22)15(23)17(24)19-13-3-4-13/h12-13,15,23H,3-8H2,1-2H3,(H,19,24). The van der Waals surface area contributed by atoms with Gasteiger partial charge in [0.05, 0.1) is 5.69 Å². The molecule has 7 nitrogen and oxygen atoms in total. The molecule has 1 amide bonds. The van der Waals surface area contributed by atoms with Crippen molar-refractivity contribution >= 4 is 11.7 Å². The van der Waals surface area contributed by atoms with E-state index in [1.54, 1.807) is 0 Å². The van der Waals surface area contributed by atoms with Gasteiger partial charge in [-0.1, -0.05) is 0 Å². The maximum atomic E-state index is 12.0. The molecule has 1 aliphatic carbocycles. The van der Waals surface area contributed by atoms with Crippen LogP contribution < -0.4 is 10.2 Å². The van der Waals surface area contributed by atoms with Crippen LogP contribution in [-0.4, -0.2) is 46.4 Å². The van der Waals surface area contributed by atoms with E-state index in [4.69, 9.17) is 0 Å². The zero-order chi connectivity index (χ0) is 17.3. The molecule has 1 aliphatic heterocycles. The first-order valence-electron chi connectivity index (χ1n) is 8.48. The number of carbonyl (C=O) groups excluding carboxylic acids is 1. The number of rotatable bonds is 4.